The van der Waals surface area contributed by atoms with E-state index in [-0.39, 0.29) is 15.5 Å². The van der Waals surface area contributed by atoms with Crippen LogP contribution in [0.1, 0.15) is 20.8 Å². The lowest BCUT2D eigenvalue weighted by atomic mass is 10.3. The molecule has 0 fully saturated rings. The van der Waals surface area contributed by atoms with Gasteiger partial charge in [-0.05, 0) is 30.3 Å². The maximum Gasteiger partial charge on any atom is 0.264 e. The third-order valence-electron chi connectivity index (χ3n) is 3.53. The Bertz CT molecular complexity index is 860. The Kier molecular flexibility index (Phi) is 6.36. The molecule has 0 saturated carbocycles. The summed E-state index contributed by atoms with van der Waals surface area (Å²) in [5.41, 5.74) is 1.04. The lowest BCUT2D eigenvalue weighted by Gasteiger charge is -2.20. The molecule has 2 aromatic rings. The molecule has 7 heteroatoms. The van der Waals surface area contributed by atoms with Crippen LogP contribution in [0.15, 0.2) is 59.5 Å². The number of amides is 1. The predicted octanol–water partition coefficient (Wildman–Crippen LogP) is 3.98. The summed E-state index contributed by atoms with van der Waals surface area (Å²) in [6, 6.07) is 15.2. The van der Waals surface area contributed by atoms with Crippen molar-refractivity contribution < 1.29 is 13.2 Å². The van der Waals surface area contributed by atoms with Gasteiger partial charge >= 0.3 is 0 Å². The maximum absolute atomic E-state index is 12.8. The fourth-order valence-corrected chi connectivity index (χ4v) is 4.03. The molecule has 0 saturated heterocycles. The van der Waals surface area contributed by atoms with Crippen LogP contribution in [0.2, 0.25) is 0 Å². The highest BCUT2D eigenvalue weighted by atomic mass is 32.2. The fraction of sp³-hybridized carbons (Fsp3) is 0.316. The Morgan fingerprint density at radius 1 is 1.08 bits per heavy atom. The van der Waals surface area contributed by atoms with E-state index in [9.17, 15) is 13.2 Å². The number of hydrogen-bond acceptors (Lipinski definition) is 4. The highest BCUT2D eigenvalue weighted by molar-refractivity contribution is 8.01. The first-order chi connectivity index (χ1) is 12.1. The van der Waals surface area contributed by atoms with Crippen molar-refractivity contribution in [2.75, 3.05) is 22.4 Å². The van der Waals surface area contributed by atoms with Gasteiger partial charge in [-0.25, -0.2) is 8.42 Å². The molecule has 0 aliphatic carbocycles. The van der Waals surface area contributed by atoms with Crippen LogP contribution in [0.5, 0.6) is 0 Å². The van der Waals surface area contributed by atoms with Crippen molar-refractivity contribution in [1.29, 1.82) is 0 Å². The van der Waals surface area contributed by atoms with Crippen molar-refractivity contribution in [2.45, 2.75) is 30.4 Å². The minimum Gasteiger partial charge on any atom is -0.325 e. The Morgan fingerprint density at radius 2 is 1.73 bits per heavy atom. The number of hydrogen-bond donors (Lipinski definition) is 1. The Hall–Kier alpha value is -1.99. The summed E-state index contributed by atoms with van der Waals surface area (Å²) in [7, 11) is -2.20. The number of thioether (sulfide) groups is 1. The van der Waals surface area contributed by atoms with Crippen LogP contribution in [0.3, 0.4) is 0 Å². The van der Waals surface area contributed by atoms with E-state index in [1.807, 2.05) is 26.8 Å². The van der Waals surface area contributed by atoms with Crippen molar-refractivity contribution in [3.8, 4) is 0 Å². The standard InChI is InChI=1S/C19H24N2O3S2/c1-19(2,3)25-14-18(22)20-15-9-8-12-17(13-15)26(23,24)21(4)16-10-6-5-7-11-16/h5-13H,14H2,1-4H3,(H,20,22). The maximum atomic E-state index is 12.8. The average molecular weight is 393 g/mol. The highest BCUT2D eigenvalue weighted by Crippen LogP contribution is 2.25. The number of anilines is 2. The molecular formula is C19H24N2O3S2. The zero-order valence-electron chi connectivity index (χ0n) is 15.4. The molecule has 1 amide bonds. The first kappa shape index (κ1) is 20.3. The lowest BCUT2D eigenvalue weighted by molar-refractivity contribution is -0.113. The largest absolute Gasteiger partial charge is 0.325 e. The molecule has 1 N–H and O–H groups in total. The molecule has 140 valence electrons. The van der Waals surface area contributed by atoms with Crippen LogP contribution in [-0.4, -0.2) is 31.9 Å². The van der Waals surface area contributed by atoms with Gasteiger partial charge in [0, 0.05) is 17.5 Å². The van der Waals surface area contributed by atoms with Gasteiger partial charge in [-0.3, -0.25) is 9.10 Å². The Labute approximate surface area is 159 Å². The molecule has 0 heterocycles. The average Bonchev–Trinajstić information content (AvgIpc) is 2.60. The van der Waals surface area contributed by atoms with Crippen LogP contribution in [0, 0.1) is 0 Å². The SMILES string of the molecule is CN(c1ccccc1)S(=O)(=O)c1cccc(NC(=O)CSC(C)(C)C)c1. The number of benzene rings is 2. The topological polar surface area (TPSA) is 66.5 Å². The number of carbonyl (C=O) groups excluding carboxylic acids is 1. The first-order valence-electron chi connectivity index (χ1n) is 8.17. The summed E-state index contributed by atoms with van der Waals surface area (Å²) in [5, 5.41) is 2.76. The van der Waals surface area contributed by atoms with E-state index in [4.69, 9.17) is 0 Å². The van der Waals surface area contributed by atoms with Crippen LogP contribution >= 0.6 is 11.8 Å². The predicted molar refractivity (Wildman–Crippen MR) is 109 cm³/mol. The fourth-order valence-electron chi connectivity index (χ4n) is 2.15. The monoisotopic (exact) mass is 392 g/mol. The number of carbonyl (C=O) groups is 1. The van der Waals surface area contributed by atoms with Crippen molar-refractivity contribution in [2.24, 2.45) is 0 Å². The van der Waals surface area contributed by atoms with Crippen LogP contribution in [-0.2, 0) is 14.8 Å². The van der Waals surface area contributed by atoms with Crippen molar-refractivity contribution in [3.63, 3.8) is 0 Å². The molecule has 0 radical (unpaired) electrons. The van der Waals surface area contributed by atoms with Gasteiger partial charge < -0.3 is 5.32 Å². The number of nitrogens with zero attached hydrogens (tertiary/aromatic N) is 1. The number of rotatable bonds is 6. The van der Waals surface area contributed by atoms with E-state index in [1.54, 1.807) is 36.4 Å². The molecule has 0 aromatic heterocycles. The summed E-state index contributed by atoms with van der Waals surface area (Å²) >= 11 is 1.53. The Balaban J connectivity index is 2.16. The van der Waals surface area contributed by atoms with E-state index >= 15 is 0 Å². The van der Waals surface area contributed by atoms with Crippen molar-refractivity contribution in [3.05, 3.63) is 54.6 Å². The van der Waals surface area contributed by atoms with Gasteiger partial charge in [-0.1, -0.05) is 45.0 Å². The zero-order valence-corrected chi connectivity index (χ0v) is 17.0. The Morgan fingerprint density at radius 3 is 2.35 bits per heavy atom. The number of nitrogens with one attached hydrogen (secondary N) is 1. The second-order valence-corrected chi connectivity index (χ2v) is 10.6. The normalized spacial score (nSPS) is 11.8. The van der Waals surface area contributed by atoms with Gasteiger partial charge in [0.25, 0.3) is 10.0 Å². The first-order valence-corrected chi connectivity index (χ1v) is 10.6. The molecule has 0 bridgehead atoms. The molecule has 2 rings (SSSR count). The number of para-hydroxylation sites is 1. The van der Waals surface area contributed by atoms with E-state index in [0.717, 1.165) is 0 Å². The molecule has 0 unspecified atom stereocenters. The molecular weight excluding hydrogens is 368 g/mol. The second-order valence-electron chi connectivity index (χ2n) is 6.79. The van der Waals surface area contributed by atoms with Crippen LogP contribution < -0.4 is 9.62 Å². The smallest absolute Gasteiger partial charge is 0.264 e. The lowest BCUT2D eigenvalue weighted by Crippen LogP contribution is -2.26. The van der Waals surface area contributed by atoms with Crippen molar-refractivity contribution in [1.82, 2.24) is 0 Å². The third-order valence-corrected chi connectivity index (χ3v) is 6.59. The molecule has 0 aliphatic heterocycles. The van der Waals surface area contributed by atoms with Gasteiger partial charge in [0.2, 0.25) is 5.91 Å². The van der Waals surface area contributed by atoms with Gasteiger partial charge in [0.05, 0.1) is 16.3 Å². The highest BCUT2D eigenvalue weighted by Gasteiger charge is 2.22. The van der Waals surface area contributed by atoms with E-state index in [1.165, 1.54) is 35.2 Å². The molecule has 0 aliphatic rings. The van der Waals surface area contributed by atoms with Crippen molar-refractivity contribution >= 4 is 39.1 Å². The quantitative estimate of drug-likeness (QED) is 0.807. The van der Waals surface area contributed by atoms with Gasteiger partial charge in [0.1, 0.15) is 0 Å². The van der Waals surface area contributed by atoms with E-state index in [2.05, 4.69) is 5.32 Å². The van der Waals surface area contributed by atoms with Gasteiger partial charge in [-0.15, -0.1) is 11.8 Å². The van der Waals surface area contributed by atoms with E-state index < -0.39 is 10.0 Å². The zero-order chi connectivity index (χ0) is 19.4. The minimum atomic E-state index is -3.71. The van der Waals surface area contributed by atoms with Gasteiger partial charge in [-0.2, -0.15) is 0 Å². The summed E-state index contributed by atoms with van der Waals surface area (Å²) in [6.07, 6.45) is 0. The minimum absolute atomic E-state index is 0.0130. The second kappa shape index (κ2) is 8.14. The third kappa shape index (κ3) is 5.51. The summed E-state index contributed by atoms with van der Waals surface area (Å²) in [4.78, 5) is 12.2. The van der Waals surface area contributed by atoms with Gasteiger partial charge in [0.15, 0.2) is 0 Å². The molecule has 0 atom stereocenters. The summed E-state index contributed by atoms with van der Waals surface area (Å²) < 4.78 is 26.9. The molecule has 5 nitrogen and oxygen atoms in total. The molecule has 2 aromatic carbocycles. The summed E-state index contributed by atoms with van der Waals surface area (Å²) in [5.74, 6) is 0.153. The summed E-state index contributed by atoms with van der Waals surface area (Å²) in [6.45, 7) is 6.12. The number of sulfonamides is 1. The van der Waals surface area contributed by atoms with E-state index in [0.29, 0.717) is 17.1 Å². The van der Waals surface area contributed by atoms with Crippen LogP contribution in [0.25, 0.3) is 0 Å². The molecule has 26 heavy (non-hydrogen) atoms. The van der Waals surface area contributed by atoms with Crippen LogP contribution in [0.4, 0.5) is 11.4 Å². The molecule has 0 spiro atoms.